The van der Waals surface area contributed by atoms with E-state index in [2.05, 4.69) is 9.88 Å². The Labute approximate surface area is 195 Å². The molecule has 0 fully saturated rings. The Bertz CT molecular complexity index is 1110. The van der Waals surface area contributed by atoms with Crippen LogP contribution >= 0.6 is 22.9 Å². The maximum atomic E-state index is 13.4. The van der Waals surface area contributed by atoms with Crippen LogP contribution in [0.25, 0.3) is 11.3 Å². The van der Waals surface area contributed by atoms with Crippen molar-refractivity contribution in [1.29, 1.82) is 0 Å². The highest BCUT2D eigenvalue weighted by molar-refractivity contribution is 7.07. The van der Waals surface area contributed by atoms with Crippen LogP contribution in [0.3, 0.4) is 0 Å². The van der Waals surface area contributed by atoms with E-state index in [1.54, 1.807) is 38.3 Å². The molecule has 0 aliphatic heterocycles. The van der Waals surface area contributed by atoms with Crippen molar-refractivity contribution < 1.29 is 18.7 Å². The number of esters is 1. The number of hydrogen-bond donors (Lipinski definition) is 1. The van der Waals surface area contributed by atoms with Crippen molar-refractivity contribution in [2.45, 2.75) is 19.9 Å². The summed E-state index contributed by atoms with van der Waals surface area (Å²) in [5.74, 6) is 0.0274. The number of carbonyl (C=O) groups excluding carboxylic acids is 1. The number of aromatic nitrogens is 1. The largest absolute Gasteiger partial charge is 0.494 e. The highest BCUT2D eigenvalue weighted by Crippen LogP contribution is 2.30. The molecule has 1 N–H and O–H groups in total. The maximum Gasteiger partial charge on any atom is 0.319 e. The van der Waals surface area contributed by atoms with Crippen molar-refractivity contribution in [2.75, 3.05) is 26.8 Å². The minimum atomic E-state index is -0.283. The van der Waals surface area contributed by atoms with Crippen LogP contribution in [0, 0.1) is 5.82 Å². The van der Waals surface area contributed by atoms with E-state index in [1.807, 2.05) is 11.4 Å². The number of methoxy groups -OCH3 is 1. The zero-order valence-electron chi connectivity index (χ0n) is 17.9. The van der Waals surface area contributed by atoms with E-state index in [0.29, 0.717) is 36.2 Å². The summed E-state index contributed by atoms with van der Waals surface area (Å²) < 4.78 is 25.9. The summed E-state index contributed by atoms with van der Waals surface area (Å²) in [5, 5.41) is 5.66. The van der Waals surface area contributed by atoms with Crippen molar-refractivity contribution >= 4 is 34.6 Å². The number of carbonyl (C=O) groups is 1. The molecule has 32 heavy (non-hydrogen) atoms. The Morgan fingerprint density at radius 2 is 2.03 bits per heavy atom. The van der Waals surface area contributed by atoms with E-state index in [1.165, 1.54) is 23.5 Å². The van der Waals surface area contributed by atoms with E-state index in [-0.39, 0.29) is 18.3 Å². The smallest absolute Gasteiger partial charge is 0.319 e. The molecule has 0 bridgehead atoms. The monoisotopic (exact) mass is 477 g/mol. The third kappa shape index (κ3) is 6.41. The number of nitrogens with zero attached hydrogens (tertiary/aromatic N) is 2. The third-order valence-electron chi connectivity index (χ3n) is 4.61. The lowest BCUT2D eigenvalue weighted by Crippen LogP contribution is -2.27. The van der Waals surface area contributed by atoms with Crippen LogP contribution in [0.2, 0.25) is 5.02 Å². The van der Waals surface area contributed by atoms with Crippen molar-refractivity contribution in [3.05, 3.63) is 63.5 Å². The highest BCUT2D eigenvalue weighted by Gasteiger charge is 2.10. The Kier molecular flexibility index (Phi) is 8.84. The minimum Gasteiger partial charge on any atom is -0.494 e. The van der Waals surface area contributed by atoms with Gasteiger partial charge in [0, 0.05) is 23.0 Å². The molecular formula is C23H25ClFN3O3S. The second-order valence-electron chi connectivity index (χ2n) is 6.83. The van der Waals surface area contributed by atoms with Gasteiger partial charge in [0.1, 0.15) is 17.3 Å². The van der Waals surface area contributed by atoms with Crippen LogP contribution in [0.1, 0.15) is 13.3 Å². The molecule has 0 saturated heterocycles. The molecule has 0 aliphatic rings. The van der Waals surface area contributed by atoms with E-state index < -0.39 is 0 Å². The van der Waals surface area contributed by atoms with Crippen LogP contribution in [-0.2, 0) is 16.1 Å². The standard InChI is InChI=1S/C23H25ClFN3O3S/c1-3-31-22(29)14-26-11-4-12-28-20(16-5-8-18(25)9-6-16)15-32-23(28)27-19-10-7-17(24)13-21(19)30-2/h5-10,13,15,26H,3-4,11-12,14H2,1-2H3. The van der Waals surface area contributed by atoms with Gasteiger partial charge in [-0.15, -0.1) is 11.3 Å². The van der Waals surface area contributed by atoms with Crippen molar-refractivity contribution in [3.8, 4) is 17.0 Å². The number of rotatable bonds is 10. The fraction of sp³-hybridized carbons (Fsp3) is 0.304. The molecule has 0 atom stereocenters. The average molecular weight is 478 g/mol. The topological polar surface area (TPSA) is 64.8 Å². The van der Waals surface area contributed by atoms with Crippen LogP contribution in [0.4, 0.5) is 10.1 Å². The van der Waals surface area contributed by atoms with Crippen molar-refractivity contribution in [3.63, 3.8) is 0 Å². The summed E-state index contributed by atoms with van der Waals surface area (Å²) in [7, 11) is 1.58. The zero-order valence-corrected chi connectivity index (χ0v) is 19.5. The van der Waals surface area contributed by atoms with Crippen LogP contribution in [0.15, 0.2) is 52.8 Å². The zero-order chi connectivity index (χ0) is 22.9. The molecule has 9 heteroatoms. The number of benzene rings is 2. The molecule has 1 aromatic heterocycles. The van der Waals surface area contributed by atoms with Crippen LogP contribution in [-0.4, -0.2) is 37.3 Å². The molecule has 0 amide bonds. The molecule has 170 valence electrons. The fourth-order valence-corrected chi connectivity index (χ4v) is 4.21. The third-order valence-corrected chi connectivity index (χ3v) is 5.70. The highest BCUT2D eigenvalue weighted by atomic mass is 35.5. The van der Waals surface area contributed by atoms with Crippen molar-refractivity contribution in [2.24, 2.45) is 4.99 Å². The molecule has 6 nitrogen and oxygen atoms in total. The Hall–Kier alpha value is -2.68. The summed E-state index contributed by atoms with van der Waals surface area (Å²) in [6.45, 7) is 3.61. The number of ether oxygens (including phenoxy) is 2. The predicted octanol–water partition coefficient (Wildman–Crippen LogP) is 4.79. The van der Waals surface area contributed by atoms with Crippen LogP contribution < -0.4 is 14.9 Å². The van der Waals surface area contributed by atoms with Gasteiger partial charge in [0.25, 0.3) is 0 Å². The van der Waals surface area contributed by atoms with Gasteiger partial charge in [-0.25, -0.2) is 9.38 Å². The first-order valence-electron chi connectivity index (χ1n) is 10.2. The molecule has 0 unspecified atom stereocenters. The number of halogens is 2. The Morgan fingerprint density at radius 1 is 1.25 bits per heavy atom. The second-order valence-corrected chi connectivity index (χ2v) is 8.10. The SMILES string of the molecule is CCOC(=O)CNCCCn1c(-c2ccc(F)cc2)csc1=Nc1ccc(Cl)cc1OC. The van der Waals surface area contributed by atoms with E-state index in [4.69, 9.17) is 26.1 Å². The normalized spacial score (nSPS) is 11.6. The molecular weight excluding hydrogens is 453 g/mol. The van der Waals surface area contributed by atoms with E-state index in [0.717, 1.165) is 22.5 Å². The lowest BCUT2D eigenvalue weighted by atomic mass is 10.1. The van der Waals surface area contributed by atoms with Gasteiger partial charge in [-0.1, -0.05) is 11.6 Å². The van der Waals surface area contributed by atoms with Gasteiger partial charge >= 0.3 is 5.97 Å². The van der Waals surface area contributed by atoms with Gasteiger partial charge in [-0.05, 0) is 61.9 Å². The molecule has 0 saturated carbocycles. The summed E-state index contributed by atoms with van der Waals surface area (Å²) in [6, 6.07) is 11.7. The minimum absolute atomic E-state index is 0.173. The maximum absolute atomic E-state index is 13.4. The number of hydrogen-bond acceptors (Lipinski definition) is 6. The van der Waals surface area contributed by atoms with Crippen molar-refractivity contribution in [1.82, 2.24) is 9.88 Å². The van der Waals surface area contributed by atoms with E-state index in [9.17, 15) is 9.18 Å². The molecule has 3 aromatic rings. The molecule has 1 heterocycles. The predicted molar refractivity (Wildman–Crippen MR) is 125 cm³/mol. The van der Waals surface area contributed by atoms with Crippen LogP contribution in [0.5, 0.6) is 5.75 Å². The van der Waals surface area contributed by atoms with Gasteiger partial charge < -0.3 is 19.4 Å². The molecule has 0 radical (unpaired) electrons. The summed E-state index contributed by atoms with van der Waals surface area (Å²) in [4.78, 5) is 17.1. The number of nitrogens with one attached hydrogen (secondary N) is 1. The average Bonchev–Trinajstić information content (AvgIpc) is 3.17. The van der Waals surface area contributed by atoms with Gasteiger partial charge in [0.15, 0.2) is 4.80 Å². The van der Waals surface area contributed by atoms with Gasteiger partial charge in [0.05, 0.1) is 26.0 Å². The lowest BCUT2D eigenvalue weighted by Gasteiger charge is -2.11. The summed E-state index contributed by atoms with van der Waals surface area (Å²) >= 11 is 7.56. The molecule has 0 aliphatic carbocycles. The Morgan fingerprint density at radius 3 is 2.75 bits per heavy atom. The summed E-state index contributed by atoms with van der Waals surface area (Å²) in [5.41, 5.74) is 2.50. The lowest BCUT2D eigenvalue weighted by molar-refractivity contribution is -0.141. The van der Waals surface area contributed by atoms with Gasteiger partial charge in [0.2, 0.25) is 0 Å². The quantitative estimate of drug-likeness (QED) is 0.337. The van der Waals surface area contributed by atoms with E-state index >= 15 is 0 Å². The molecule has 2 aromatic carbocycles. The first kappa shape index (κ1) is 24.0. The Balaban J connectivity index is 1.87. The molecule has 0 spiro atoms. The second kappa shape index (κ2) is 11.8. The summed E-state index contributed by atoms with van der Waals surface area (Å²) in [6.07, 6.45) is 0.759. The molecule has 3 rings (SSSR count). The van der Waals surface area contributed by atoms with Gasteiger partial charge in [-0.3, -0.25) is 4.79 Å². The first-order chi connectivity index (χ1) is 15.5. The van der Waals surface area contributed by atoms with Gasteiger partial charge in [-0.2, -0.15) is 0 Å². The number of thiazole rings is 1. The first-order valence-corrected chi connectivity index (χ1v) is 11.5. The fourth-order valence-electron chi connectivity index (χ4n) is 3.10.